The molecule has 0 saturated heterocycles. The molecule has 0 bridgehead atoms. The van der Waals surface area contributed by atoms with Crippen LogP contribution in [0, 0.1) is 10.2 Å². The van der Waals surface area contributed by atoms with Gasteiger partial charge in [0, 0.05) is 0 Å². The van der Waals surface area contributed by atoms with Crippen LogP contribution in [0.1, 0.15) is 27.2 Å². The van der Waals surface area contributed by atoms with Gasteiger partial charge in [-0.1, -0.05) is 6.92 Å². The minimum Gasteiger partial charge on any atom is -0.183 e. The van der Waals surface area contributed by atoms with Gasteiger partial charge in [-0.05, 0) is 20.3 Å². The van der Waals surface area contributed by atoms with Gasteiger partial charge in [-0.15, -0.1) is 0 Å². The molecule has 0 atom stereocenters. The zero-order chi connectivity index (χ0) is 8.41. The average Bonchev–Trinajstić information content (AvgIpc) is 1.60. The Bertz CT molecular complexity index is 107. The Labute approximate surface area is 62.2 Å². The minimum atomic E-state index is -4.28. The van der Waals surface area contributed by atoms with Gasteiger partial charge in [0.05, 0.1) is 14.5 Å². The second kappa shape index (κ2) is 3.02. The molecule has 0 amide bonds. The lowest BCUT2D eigenvalue weighted by Crippen LogP contribution is -2.63. The maximum absolute atomic E-state index is 10.0. The van der Waals surface area contributed by atoms with Crippen LogP contribution in [0.15, 0.2) is 0 Å². The van der Waals surface area contributed by atoms with Crippen molar-refractivity contribution in [1.82, 2.24) is 0 Å². The Morgan fingerprint density at radius 3 is 1.80 bits per heavy atom. The highest BCUT2D eigenvalue weighted by Gasteiger charge is 2.34. The molecule has 0 heterocycles. The van der Waals surface area contributed by atoms with Crippen molar-refractivity contribution >= 4 is 0 Å². The molecule has 0 unspecified atom stereocenters. The van der Waals surface area contributed by atoms with Gasteiger partial charge >= 0.3 is 0 Å². The number of hydrogen-bond acceptors (Lipinski definition) is 4. The van der Waals surface area contributed by atoms with Gasteiger partial charge < -0.3 is 0 Å². The normalized spacial score (nSPS) is 13.8. The molecule has 0 aromatic carbocycles. The van der Waals surface area contributed by atoms with Crippen LogP contribution in [-0.4, -0.2) is 5.60 Å². The van der Waals surface area contributed by atoms with Gasteiger partial charge in [0.1, 0.15) is 0 Å². The summed E-state index contributed by atoms with van der Waals surface area (Å²) in [6.45, 7) is 4.81. The van der Waals surface area contributed by atoms with E-state index >= 15 is 0 Å². The summed E-state index contributed by atoms with van der Waals surface area (Å²) in [6, 6.07) is 0. The van der Waals surface area contributed by atoms with E-state index in [0.717, 1.165) is 0 Å². The van der Waals surface area contributed by atoms with Crippen molar-refractivity contribution in [2.45, 2.75) is 32.8 Å². The van der Waals surface area contributed by atoms with E-state index in [-0.39, 0.29) is 0 Å². The summed E-state index contributed by atoms with van der Waals surface area (Å²) < 4.78 is 34.2. The second-order valence-electron chi connectivity index (χ2n) is 2.57. The van der Waals surface area contributed by atoms with E-state index in [0.29, 0.717) is 6.42 Å². The Morgan fingerprint density at radius 2 is 1.70 bits per heavy atom. The lowest BCUT2D eigenvalue weighted by Gasteiger charge is -2.21. The molecule has 0 fully saturated rings. The molecule has 0 spiro atoms. The first kappa shape index (κ1) is 10.1. The molecule has 10 heavy (non-hydrogen) atoms. The third kappa shape index (κ3) is 4.96. The Balaban J connectivity index is 3.89. The largest absolute Gasteiger partial charge is 0.218 e. The fourth-order valence-corrected chi connectivity index (χ4v) is 0.931. The summed E-state index contributed by atoms with van der Waals surface area (Å²) in [5.41, 5.74) is -0.887. The van der Waals surface area contributed by atoms with E-state index < -0.39 is 15.8 Å². The molecule has 0 aromatic rings. The second-order valence-corrected chi connectivity index (χ2v) is 3.48. The Kier molecular flexibility index (Phi) is 3.06. The lowest BCUT2D eigenvalue weighted by atomic mass is 10.1. The van der Waals surface area contributed by atoms with Crippen LogP contribution in [0.2, 0.25) is 0 Å². The SMILES string of the molecule is CCC(C)(C)O[Cl+3]([O-])([O-])[O-]. The molecule has 0 saturated carbocycles. The highest BCUT2D eigenvalue weighted by Crippen LogP contribution is 2.16. The fraction of sp³-hybridized carbons (Fsp3) is 1.00. The first-order valence-corrected chi connectivity index (χ1v) is 4.12. The maximum Gasteiger partial charge on any atom is 0.218 e. The van der Waals surface area contributed by atoms with E-state index in [2.05, 4.69) is 4.29 Å². The van der Waals surface area contributed by atoms with Gasteiger partial charge in [0.15, 0.2) is 0 Å². The third-order valence-corrected chi connectivity index (χ3v) is 1.76. The Hall–Kier alpha value is 0.130. The summed E-state index contributed by atoms with van der Waals surface area (Å²) in [6.07, 6.45) is 0.474. The maximum atomic E-state index is 10.0. The van der Waals surface area contributed by atoms with E-state index in [1.807, 2.05) is 0 Å². The van der Waals surface area contributed by atoms with Crippen LogP contribution in [0.5, 0.6) is 0 Å². The van der Waals surface area contributed by atoms with Crippen LogP contribution in [0.3, 0.4) is 0 Å². The molecule has 0 rings (SSSR count). The van der Waals surface area contributed by atoms with E-state index in [9.17, 15) is 14.0 Å². The van der Waals surface area contributed by atoms with Gasteiger partial charge in [-0.2, -0.15) is 14.0 Å². The summed E-state index contributed by atoms with van der Waals surface area (Å²) in [7, 11) is -4.28. The Morgan fingerprint density at radius 1 is 1.30 bits per heavy atom. The van der Waals surface area contributed by atoms with Crippen molar-refractivity contribution < 1.29 is 28.5 Å². The van der Waals surface area contributed by atoms with Crippen LogP contribution in [0.4, 0.5) is 0 Å². The third-order valence-electron chi connectivity index (χ3n) is 1.15. The zero-order valence-electron chi connectivity index (χ0n) is 6.22. The van der Waals surface area contributed by atoms with Gasteiger partial charge in [-0.3, -0.25) is 0 Å². The monoisotopic (exact) mass is 170 g/mol. The molecule has 0 aliphatic heterocycles. The molecular formula is C5H11ClO4. The first-order chi connectivity index (χ1) is 4.27. The van der Waals surface area contributed by atoms with E-state index in [4.69, 9.17) is 0 Å². The van der Waals surface area contributed by atoms with Gasteiger partial charge in [0.2, 0.25) is 5.60 Å². The molecule has 0 N–H and O–H groups in total. The number of hydrogen-bond donors (Lipinski definition) is 0. The van der Waals surface area contributed by atoms with Gasteiger partial charge in [-0.25, -0.2) is 0 Å². The van der Waals surface area contributed by atoms with Crippen molar-refractivity contribution in [3.63, 3.8) is 0 Å². The van der Waals surface area contributed by atoms with Crippen LogP contribution < -0.4 is 14.0 Å². The molecule has 4 nitrogen and oxygen atoms in total. The summed E-state index contributed by atoms with van der Waals surface area (Å²) in [5.74, 6) is 0. The topological polar surface area (TPSA) is 78.4 Å². The average molecular weight is 171 g/mol. The summed E-state index contributed by atoms with van der Waals surface area (Å²) in [5, 5.41) is 0. The number of halogens is 1. The fourth-order valence-electron chi connectivity index (χ4n) is 0.310. The lowest BCUT2D eigenvalue weighted by molar-refractivity contribution is -1.92. The van der Waals surface area contributed by atoms with Gasteiger partial charge in [0.25, 0.3) is 0 Å². The summed E-state index contributed by atoms with van der Waals surface area (Å²) >= 11 is 0. The smallest absolute Gasteiger partial charge is 0.183 e. The van der Waals surface area contributed by atoms with Crippen molar-refractivity contribution in [2.24, 2.45) is 0 Å². The van der Waals surface area contributed by atoms with Crippen molar-refractivity contribution in [1.29, 1.82) is 0 Å². The molecule has 5 heteroatoms. The predicted molar refractivity (Wildman–Crippen MR) is 25.5 cm³/mol. The molecule has 0 aliphatic carbocycles. The quantitative estimate of drug-likeness (QED) is 0.495. The van der Waals surface area contributed by atoms with Crippen molar-refractivity contribution in [2.75, 3.05) is 0 Å². The predicted octanol–water partition coefficient (Wildman–Crippen LogP) is -1.91. The van der Waals surface area contributed by atoms with Crippen molar-refractivity contribution in [3.8, 4) is 0 Å². The molecule has 0 radical (unpaired) electrons. The number of rotatable bonds is 3. The first-order valence-electron chi connectivity index (χ1n) is 2.88. The highest BCUT2D eigenvalue weighted by atomic mass is 35.7. The molecule has 0 aliphatic rings. The standard InChI is InChI=1S/C5H11ClO4/c1-4-5(2,3)10-6(7,8)9/h4H2,1-3H3. The van der Waals surface area contributed by atoms with Crippen molar-refractivity contribution in [3.05, 3.63) is 0 Å². The molecule has 0 aromatic heterocycles. The van der Waals surface area contributed by atoms with Crippen LogP contribution >= 0.6 is 0 Å². The summed E-state index contributed by atoms with van der Waals surface area (Å²) in [4.78, 5) is 0. The molecular weight excluding hydrogens is 160 g/mol. The minimum absolute atomic E-state index is 0.474. The zero-order valence-corrected chi connectivity index (χ0v) is 6.97. The van der Waals surface area contributed by atoms with Crippen LogP contribution in [0.25, 0.3) is 0 Å². The highest BCUT2D eigenvalue weighted by molar-refractivity contribution is 4.61. The van der Waals surface area contributed by atoms with E-state index in [1.165, 1.54) is 13.8 Å². The van der Waals surface area contributed by atoms with E-state index in [1.54, 1.807) is 6.92 Å². The molecule has 62 valence electrons. The van der Waals surface area contributed by atoms with Crippen LogP contribution in [-0.2, 0) is 4.29 Å².